The van der Waals surface area contributed by atoms with Crippen LogP contribution < -0.4 is 4.90 Å². The standard InChI is InChI=1S/C14H15Cl2N3O2S2/c1-23(20,21)19-6-4-18(5-7-19)14-17-13(9-22-14)11-3-2-10(15)8-12(11)16/h2-3,8-9H,4-7H2,1H3. The van der Waals surface area contributed by atoms with Gasteiger partial charge in [0, 0.05) is 42.1 Å². The normalized spacial score (nSPS) is 16.7. The third kappa shape index (κ3) is 3.80. The summed E-state index contributed by atoms with van der Waals surface area (Å²) >= 11 is 13.7. The van der Waals surface area contributed by atoms with E-state index in [1.54, 1.807) is 12.1 Å². The van der Waals surface area contributed by atoms with Gasteiger partial charge in [0.2, 0.25) is 10.0 Å². The summed E-state index contributed by atoms with van der Waals surface area (Å²) in [5, 5.41) is 3.98. The van der Waals surface area contributed by atoms with Gasteiger partial charge in [-0.3, -0.25) is 0 Å². The number of aromatic nitrogens is 1. The first-order chi connectivity index (χ1) is 10.8. The second-order valence-electron chi connectivity index (χ2n) is 5.29. The fourth-order valence-electron chi connectivity index (χ4n) is 2.44. The number of hydrogen-bond acceptors (Lipinski definition) is 5. The molecule has 2 aromatic rings. The van der Waals surface area contributed by atoms with Crippen LogP contribution in [0.1, 0.15) is 0 Å². The zero-order valence-corrected chi connectivity index (χ0v) is 15.5. The highest BCUT2D eigenvalue weighted by molar-refractivity contribution is 7.88. The summed E-state index contributed by atoms with van der Waals surface area (Å²) in [6.07, 6.45) is 1.24. The Balaban J connectivity index is 1.76. The summed E-state index contributed by atoms with van der Waals surface area (Å²) in [7, 11) is -3.12. The molecule has 1 aliphatic heterocycles. The predicted octanol–water partition coefficient (Wildman–Crippen LogP) is 3.20. The van der Waals surface area contributed by atoms with Gasteiger partial charge in [0.25, 0.3) is 0 Å². The highest BCUT2D eigenvalue weighted by Crippen LogP contribution is 2.33. The van der Waals surface area contributed by atoms with Crippen LogP contribution in [0.3, 0.4) is 0 Å². The number of nitrogens with zero attached hydrogens (tertiary/aromatic N) is 3. The Morgan fingerprint density at radius 1 is 1.17 bits per heavy atom. The Hall–Kier alpha value is -0.860. The van der Waals surface area contributed by atoms with E-state index in [4.69, 9.17) is 23.2 Å². The van der Waals surface area contributed by atoms with E-state index in [0.29, 0.717) is 36.2 Å². The van der Waals surface area contributed by atoms with Gasteiger partial charge in [-0.1, -0.05) is 23.2 Å². The minimum absolute atomic E-state index is 0.482. The van der Waals surface area contributed by atoms with Crippen molar-refractivity contribution in [1.82, 2.24) is 9.29 Å². The molecule has 0 unspecified atom stereocenters. The molecular formula is C14H15Cl2N3O2S2. The molecule has 2 heterocycles. The molecular weight excluding hydrogens is 377 g/mol. The van der Waals surface area contributed by atoms with Crippen LogP contribution in [-0.4, -0.2) is 50.1 Å². The fraction of sp³-hybridized carbons (Fsp3) is 0.357. The summed E-state index contributed by atoms with van der Waals surface area (Å²) in [6.45, 7) is 2.23. The highest BCUT2D eigenvalue weighted by Gasteiger charge is 2.25. The van der Waals surface area contributed by atoms with E-state index in [9.17, 15) is 8.42 Å². The molecule has 5 nitrogen and oxygen atoms in total. The molecule has 1 fully saturated rings. The second-order valence-corrected chi connectivity index (χ2v) is 8.95. The highest BCUT2D eigenvalue weighted by atomic mass is 35.5. The monoisotopic (exact) mass is 391 g/mol. The molecule has 3 rings (SSSR count). The van der Waals surface area contributed by atoms with Gasteiger partial charge >= 0.3 is 0 Å². The topological polar surface area (TPSA) is 53.5 Å². The number of rotatable bonds is 3. The SMILES string of the molecule is CS(=O)(=O)N1CCN(c2nc(-c3ccc(Cl)cc3Cl)cs2)CC1. The number of thiazole rings is 1. The zero-order valence-electron chi connectivity index (χ0n) is 12.4. The summed E-state index contributed by atoms with van der Waals surface area (Å²) in [4.78, 5) is 6.73. The largest absolute Gasteiger partial charge is 0.345 e. The maximum atomic E-state index is 11.6. The van der Waals surface area contributed by atoms with Crippen molar-refractivity contribution in [1.29, 1.82) is 0 Å². The van der Waals surface area contributed by atoms with Crippen LogP contribution in [0.2, 0.25) is 10.0 Å². The molecule has 1 saturated heterocycles. The van der Waals surface area contributed by atoms with E-state index in [2.05, 4.69) is 9.88 Å². The Labute approximate surface area is 149 Å². The van der Waals surface area contributed by atoms with E-state index in [1.807, 2.05) is 11.4 Å². The van der Waals surface area contributed by atoms with Crippen LogP contribution in [0, 0.1) is 0 Å². The molecule has 1 aliphatic rings. The van der Waals surface area contributed by atoms with Crippen molar-refractivity contribution < 1.29 is 8.42 Å². The summed E-state index contributed by atoms with van der Waals surface area (Å²) in [5.74, 6) is 0. The summed E-state index contributed by atoms with van der Waals surface area (Å²) < 4.78 is 24.6. The molecule has 0 aliphatic carbocycles. The first-order valence-electron chi connectivity index (χ1n) is 6.95. The molecule has 0 atom stereocenters. The maximum Gasteiger partial charge on any atom is 0.211 e. The number of benzene rings is 1. The first-order valence-corrected chi connectivity index (χ1v) is 10.4. The van der Waals surface area contributed by atoms with E-state index in [1.165, 1.54) is 21.9 Å². The van der Waals surface area contributed by atoms with Crippen LogP contribution >= 0.6 is 34.5 Å². The molecule has 1 aromatic carbocycles. The van der Waals surface area contributed by atoms with Crippen LogP contribution in [0.5, 0.6) is 0 Å². The van der Waals surface area contributed by atoms with Crippen molar-refractivity contribution in [3.63, 3.8) is 0 Å². The summed E-state index contributed by atoms with van der Waals surface area (Å²) in [5.41, 5.74) is 1.64. The Bertz CT molecular complexity index is 815. The van der Waals surface area contributed by atoms with Crippen molar-refractivity contribution in [2.24, 2.45) is 0 Å². The Morgan fingerprint density at radius 2 is 1.87 bits per heavy atom. The predicted molar refractivity (Wildman–Crippen MR) is 96.2 cm³/mol. The van der Waals surface area contributed by atoms with E-state index in [-0.39, 0.29) is 0 Å². The third-order valence-corrected chi connectivity index (χ3v) is 6.43. The molecule has 0 radical (unpaired) electrons. The molecule has 9 heteroatoms. The van der Waals surface area contributed by atoms with Crippen LogP contribution in [0.15, 0.2) is 23.6 Å². The number of sulfonamides is 1. The van der Waals surface area contributed by atoms with E-state index < -0.39 is 10.0 Å². The molecule has 0 amide bonds. The van der Waals surface area contributed by atoms with Gasteiger partial charge in [-0.15, -0.1) is 11.3 Å². The van der Waals surface area contributed by atoms with Gasteiger partial charge in [-0.05, 0) is 18.2 Å². The van der Waals surface area contributed by atoms with Crippen molar-refractivity contribution >= 4 is 49.7 Å². The number of halogens is 2. The van der Waals surface area contributed by atoms with Crippen molar-refractivity contribution in [2.45, 2.75) is 0 Å². The first kappa shape index (κ1) is 17.0. The summed E-state index contributed by atoms with van der Waals surface area (Å²) in [6, 6.07) is 5.33. The number of piperazine rings is 1. The average Bonchev–Trinajstić information content (AvgIpc) is 2.96. The van der Waals surface area contributed by atoms with Gasteiger partial charge in [0.05, 0.1) is 17.0 Å². The zero-order chi connectivity index (χ0) is 16.6. The molecule has 124 valence electrons. The Morgan fingerprint density at radius 3 is 2.48 bits per heavy atom. The fourth-order valence-corrected chi connectivity index (χ4v) is 4.65. The van der Waals surface area contributed by atoms with Gasteiger partial charge in [0.15, 0.2) is 5.13 Å². The van der Waals surface area contributed by atoms with E-state index in [0.717, 1.165) is 16.4 Å². The van der Waals surface area contributed by atoms with Crippen LogP contribution in [0.4, 0.5) is 5.13 Å². The van der Waals surface area contributed by atoms with Crippen LogP contribution in [-0.2, 0) is 10.0 Å². The van der Waals surface area contributed by atoms with Crippen molar-refractivity contribution in [2.75, 3.05) is 37.3 Å². The maximum absolute atomic E-state index is 11.6. The lowest BCUT2D eigenvalue weighted by Gasteiger charge is -2.32. The lowest BCUT2D eigenvalue weighted by atomic mass is 10.2. The smallest absolute Gasteiger partial charge is 0.211 e. The van der Waals surface area contributed by atoms with Gasteiger partial charge in [-0.2, -0.15) is 4.31 Å². The molecule has 23 heavy (non-hydrogen) atoms. The molecule has 1 aromatic heterocycles. The minimum atomic E-state index is -3.12. The Kier molecular flexibility index (Phi) is 4.85. The van der Waals surface area contributed by atoms with Gasteiger partial charge in [0.1, 0.15) is 0 Å². The van der Waals surface area contributed by atoms with Crippen LogP contribution in [0.25, 0.3) is 11.3 Å². The van der Waals surface area contributed by atoms with Gasteiger partial charge < -0.3 is 4.90 Å². The second kappa shape index (κ2) is 6.57. The lowest BCUT2D eigenvalue weighted by molar-refractivity contribution is 0.388. The minimum Gasteiger partial charge on any atom is -0.345 e. The molecule has 0 bridgehead atoms. The van der Waals surface area contributed by atoms with Crippen molar-refractivity contribution in [3.8, 4) is 11.3 Å². The number of hydrogen-bond donors (Lipinski definition) is 0. The number of anilines is 1. The third-order valence-electron chi connectivity index (χ3n) is 3.68. The molecule has 0 spiro atoms. The van der Waals surface area contributed by atoms with Gasteiger partial charge in [-0.25, -0.2) is 13.4 Å². The lowest BCUT2D eigenvalue weighted by Crippen LogP contribution is -2.48. The quantitative estimate of drug-likeness (QED) is 0.805. The molecule has 0 N–H and O–H groups in total. The van der Waals surface area contributed by atoms with Crippen molar-refractivity contribution in [3.05, 3.63) is 33.6 Å². The average molecular weight is 392 g/mol. The van der Waals surface area contributed by atoms with E-state index >= 15 is 0 Å². The molecule has 0 saturated carbocycles.